The number of methoxy groups -OCH3 is 1. The van der Waals surface area contributed by atoms with Gasteiger partial charge in [-0.3, -0.25) is 4.79 Å². The maximum absolute atomic E-state index is 11.9. The van der Waals surface area contributed by atoms with E-state index < -0.39 is 0 Å². The van der Waals surface area contributed by atoms with Gasteiger partial charge in [0.25, 0.3) is 5.91 Å². The number of ether oxygens (including phenoxy) is 1. The lowest BCUT2D eigenvalue weighted by Gasteiger charge is -2.22. The first kappa shape index (κ1) is 12.0. The van der Waals surface area contributed by atoms with Crippen molar-refractivity contribution < 1.29 is 9.53 Å². The Morgan fingerprint density at radius 2 is 1.94 bits per heavy atom. The summed E-state index contributed by atoms with van der Waals surface area (Å²) in [5.74, 6) is 0.888. The third kappa shape index (κ3) is 1.90. The molecule has 1 aliphatic rings. The molecule has 0 spiro atoms. The zero-order chi connectivity index (χ0) is 12.8. The minimum atomic E-state index is 0.0184. The third-order valence-corrected chi connectivity index (χ3v) is 3.22. The van der Waals surface area contributed by atoms with E-state index in [-0.39, 0.29) is 11.3 Å². The minimum Gasteiger partial charge on any atom is -0.496 e. The van der Waals surface area contributed by atoms with Crippen molar-refractivity contribution in [1.29, 1.82) is 0 Å². The van der Waals surface area contributed by atoms with Crippen LogP contribution in [0.2, 0.25) is 0 Å². The van der Waals surface area contributed by atoms with Crippen molar-refractivity contribution in [1.82, 2.24) is 4.90 Å². The smallest absolute Gasteiger partial charge is 0.254 e. The molecule has 1 aliphatic heterocycles. The molecule has 0 radical (unpaired) electrons. The molecule has 2 rings (SSSR count). The van der Waals surface area contributed by atoms with E-state index >= 15 is 0 Å². The second kappa shape index (κ2) is 3.76. The first-order chi connectivity index (χ1) is 7.84. The Hall–Kier alpha value is -1.51. The van der Waals surface area contributed by atoms with E-state index in [0.29, 0.717) is 6.54 Å². The summed E-state index contributed by atoms with van der Waals surface area (Å²) in [5.41, 5.74) is 3.05. The molecule has 1 aromatic rings. The van der Waals surface area contributed by atoms with Gasteiger partial charge >= 0.3 is 0 Å². The largest absolute Gasteiger partial charge is 0.496 e. The van der Waals surface area contributed by atoms with Gasteiger partial charge < -0.3 is 9.64 Å². The van der Waals surface area contributed by atoms with Gasteiger partial charge in [0, 0.05) is 19.2 Å². The van der Waals surface area contributed by atoms with Crippen LogP contribution >= 0.6 is 0 Å². The van der Waals surface area contributed by atoms with E-state index in [9.17, 15) is 4.79 Å². The van der Waals surface area contributed by atoms with E-state index in [4.69, 9.17) is 4.74 Å². The summed E-state index contributed by atoms with van der Waals surface area (Å²) in [6, 6.07) is 3.98. The van der Waals surface area contributed by atoms with Gasteiger partial charge in [0.15, 0.2) is 0 Å². The second-order valence-electron chi connectivity index (χ2n) is 5.62. The van der Waals surface area contributed by atoms with Gasteiger partial charge in [-0.25, -0.2) is 0 Å². The quantitative estimate of drug-likeness (QED) is 0.746. The highest BCUT2D eigenvalue weighted by atomic mass is 16.5. The molecular formula is C14H19NO2. The number of carbonyl (C=O) groups excluding carboxylic acids is 1. The molecule has 0 atom stereocenters. The van der Waals surface area contributed by atoms with Crippen LogP contribution in [0.15, 0.2) is 12.1 Å². The standard InChI is InChI=1S/C14H19NO2/c1-14(2,3)11-6-9-8-15(4)13(16)10(9)7-12(11)17-5/h6-7H,8H2,1-5H3. The van der Waals surface area contributed by atoms with Gasteiger partial charge in [0.2, 0.25) is 0 Å². The van der Waals surface area contributed by atoms with Gasteiger partial charge in [-0.1, -0.05) is 20.8 Å². The molecule has 0 fully saturated rings. The van der Waals surface area contributed by atoms with Gasteiger partial charge in [-0.05, 0) is 28.7 Å². The van der Waals surface area contributed by atoms with Crippen molar-refractivity contribution >= 4 is 5.91 Å². The summed E-state index contributed by atoms with van der Waals surface area (Å²) in [4.78, 5) is 13.6. The number of benzene rings is 1. The zero-order valence-electron chi connectivity index (χ0n) is 11.1. The molecule has 0 aliphatic carbocycles. The molecule has 0 saturated carbocycles. The van der Waals surface area contributed by atoms with Crippen molar-refractivity contribution in [2.24, 2.45) is 0 Å². The van der Waals surface area contributed by atoms with E-state index in [1.54, 1.807) is 12.0 Å². The lowest BCUT2D eigenvalue weighted by atomic mass is 9.84. The molecule has 3 heteroatoms. The van der Waals surface area contributed by atoms with Crippen molar-refractivity contribution in [3.8, 4) is 5.75 Å². The predicted molar refractivity (Wildman–Crippen MR) is 67.5 cm³/mol. The topological polar surface area (TPSA) is 29.5 Å². The number of hydrogen-bond donors (Lipinski definition) is 0. The zero-order valence-corrected chi connectivity index (χ0v) is 11.1. The predicted octanol–water partition coefficient (Wildman–Crippen LogP) is 2.58. The highest BCUT2D eigenvalue weighted by Crippen LogP contribution is 2.36. The minimum absolute atomic E-state index is 0.0184. The van der Waals surface area contributed by atoms with E-state index in [2.05, 4.69) is 26.8 Å². The number of nitrogens with zero attached hydrogens (tertiary/aromatic N) is 1. The highest BCUT2D eigenvalue weighted by molar-refractivity contribution is 5.98. The Labute approximate surface area is 102 Å². The molecule has 1 amide bonds. The molecule has 1 aromatic carbocycles. The van der Waals surface area contributed by atoms with E-state index in [0.717, 1.165) is 22.4 Å². The number of amides is 1. The van der Waals surface area contributed by atoms with Gasteiger partial charge in [-0.15, -0.1) is 0 Å². The number of rotatable bonds is 1. The number of carbonyl (C=O) groups is 1. The van der Waals surface area contributed by atoms with Crippen LogP contribution in [0.4, 0.5) is 0 Å². The molecule has 0 bridgehead atoms. The average Bonchev–Trinajstić information content (AvgIpc) is 2.52. The van der Waals surface area contributed by atoms with Crippen LogP contribution in [0.25, 0.3) is 0 Å². The van der Waals surface area contributed by atoms with E-state index in [1.165, 1.54) is 0 Å². The fraction of sp³-hybridized carbons (Fsp3) is 0.500. The van der Waals surface area contributed by atoms with Crippen LogP contribution in [-0.2, 0) is 12.0 Å². The Bertz CT molecular complexity index is 472. The lowest BCUT2D eigenvalue weighted by molar-refractivity contribution is 0.0816. The monoisotopic (exact) mass is 233 g/mol. The van der Waals surface area contributed by atoms with Crippen LogP contribution < -0.4 is 4.74 Å². The first-order valence-electron chi connectivity index (χ1n) is 5.81. The number of fused-ring (bicyclic) bond motifs is 1. The van der Waals surface area contributed by atoms with E-state index in [1.807, 2.05) is 13.1 Å². The SMILES string of the molecule is COc1cc2c(cc1C(C)(C)C)CN(C)C2=O. The Morgan fingerprint density at radius 3 is 2.47 bits per heavy atom. The Morgan fingerprint density at radius 1 is 1.29 bits per heavy atom. The summed E-state index contributed by atoms with van der Waals surface area (Å²) < 4.78 is 5.41. The average molecular weight is 233 g/mol. The van der Waals surface area contributed by atoms with Crippen LogP contribution in [-0.4, -0.2) is 25.0 Å². The maximum Gasteiger partial charge on any atom is 0.254 e. The Kier molecular flexibility index (Phi) is 2.64. The molecule has 3 nitrogen and oxygen atoms in total. The molecule has 0 unspecified atom stereocenters. The second-order valence-corrected chi connectivity index (χ2v) is 5.62. The molecule has 1 heterocycles. The number of hydrogen-bond acceptors (Lipinski definition) is 2. The summed E-state index contributed by atoms with van der Waals surface area (Å²) in [7, 11) is 3.48. The van der Waals surface area contributed by atoms with Gasteiger partial charge in [0.05, 0.1) is 7.11 Å². The molecular weight excluding hydrogens is 214 g/mol. The first-order valence-corrected chi connectivity index (χ1v) is 5.81. The van der Waals surface area contributed by atoms with Crippen molar-refractivity contribution in [3.05, 3.63) is 28.8 Å². The fourth-order valence-electron chi connectivity index (χ4n) is 2.24. The van der Waals surface area contributed by atoms with Gasteiger partial charge in [-0.2, -0.15) is 0 Å². The molecule has 0 saturated heterocycles. The molecule has 0 aromatic heterocycles. The summed E-state index contributed by atoms with van der Waals surface area (Å²) in [6.45, 7) is 7.15. The van der Waals surface area contributed by atoms with Crippen molar-refractivity contribution in [2.75, 3.05) is 14.2 Å². The fourth-order valence-corrected chi connectivity index (χ4v) is 2.24. The molecule has 0 N–H and O–H groups in total. The molecule has 92 valence electrons. The van der Waals surface area contributed by atoms with Crippen molar-refractivity contribution in [3.63, 3.8) is 0 Å². The van der Waals surface area contributed by atoms with Crippen LogP contribution in [0.5, 0.6) is 5.75 Å². The summed E-state index contributed by atoms with van der Waals surface area (Å²) in [5, 5.41) is 0. The van der Waals surface area contributed by atoms with Crippen LogP contribution in [0.1, 0.15) is 42.3 Å². The lowest BCUT2D eigenvalue weighted by Crippen LogP contribution is -2.17. The van der Waals surface area contributed by atoms with Crippen molar-refractivity contribution in [2.45, 2.75) is 32.7 Å². The maximum atomic E-state index is 11.9. The third-order valence-electron chi connectivity index (χ3n) is 3.22. The normalized spacial score (nSPS) is 15.1. The van der Waals surface area contributed by atoms with Crippen LogP contribution in [0, 0.1) is 0 Å². The highest BCUT2D eigenvalue weighted by Gasteiger charge is 2.29. The van der Waals surface area contributed by atoms with Gasteiger partial charge in [0.1, 0.15) is 5.75 Å². The summed E-state index contributed by atoms with van der Waals surface area (Å²) in [6.07, 6.45) is 0. The Balaban J connectivity index is 2.60. The molecule has 17 heavy (non-hydrogen) atoms. The summed E-state index contributed by atoms with van der Waals surface area (Å²) >= 11 is 0. The van der Waals surface area contributed by atoms with Crippen LogP contribution in [0.3, 0.4) is 0 Å².